The van der Waals surface area contributed by atoms with Crippen LogP contribution in [0.5, 0.6) is 5.75 Å². The van der Waals surface area contributed by atoms with Crippen molar-refractivity contribution in [2.75, 3.05) is 26.2 Å². The fourth-order valence-electron chi connectivity index (χ4n) is 2.88. The number of sulfonamides is 1. The minimum absolute atomic E-state index is 0.000808. The van der Waals surface area contributed by atoms with Crippen LogP contribution in [0.15, 0.2) is 64.2 Å². The monoisotopic (exact) mass is 511 g/mol. The topological polar surface area (TPSA) is 109 Å². The van der Waals surface area contributed by atoms with Crippen molar-refractivity contribution in [3.05, 3.63) is 65.1 Å². The molecular weight excluding hydrogens is 493 g/mol. The molecule has 0 aliphatic rings. The number of benzene rings is 2. The van der Waals surface area contributed by atoms with E-state index in [9.17, 15) is 22.7 Å². The number of pyridine rings is 1. The van der Waals surface area contributed by atoms with Gasteiger partial charge in [-0.1, -0.05) is 12.1 Å². The highest BCUT2D eigenvalue weighted by atomic mass is 79.9. The van der Waals surface area contributed by atoms with Gasteiger partial charge in [0.25, 0.3) is 0 Å². The zero-order valence-electron chi connectivity index (χ0n) is 16.2. The van der Waals surface area contributed by atoms with Crippen LogP contribution in [0.3, 0.4) is 0 Å². The number of nitrogens with zero attached hydrogens (tertiary/aromatic N) is 2. The van der Waals surface area contributed by atoms with Gasteiger partial charge in [-0.25, -0.2) is 22.3 Å². The summed E-state index contributed by atoms with van der Waals surface area (Å²) in [5.74, 6) is -0.0565. The van der Waals surface area contributed by atoms with Crippen molar-refractivity contribution in [2.45, 2.75) is 4.90 Å². The van der Waals surface area contributed by atoms with Gasteiger partial charge < -0.3 is 14.7 Å². The molecule has 0 aliphatic heterocycles. The number of fused-ring (bicyclic) bond motifs is 1. The van der Waals surface area contributed by atoms with Crippen molar-refractivity contribution in [2.24, 2.45) is 0 Å². The van der Waals surface area contributed by atoms with Crippen molar-refractivity contribution >= 4 is 42.8 Å². The molecule has 0 spiro atoms. The maximum Gasteiger partial charge on any atom is 0.407 e. The fraction of sp³-hybridized carbons (Fsp3) is 0.200. The second-order valence-electron chi connectivity index (χ2n) is 6.44. The van der Waals surface area contributed by atoms with Gasteiger partial charge in [-0.15, -0.1) is 0 Å². The van der Waals surface area contributed by atoms with E-state index in [0.717, 1.165) is 4.90 Å². The quantitative estimate of drug-likeness (QED) is 0.455. The SMILES string of the molecule is O=C(O)N(CCNS(=O)(=O)c1cccc2cnccc12)CCOc1ccc(F)cc1Br. The van der Waals surface area contributed by atoms with Crippen LogP contribution in [0.25, 0.3) is 10.8 Å². The number of carbonyl (C=O) groups is 1. The zero-order valence-corrected chi connectivity index (χ0v) is 18.6. The van der Waals surface area contributed by atoms with Gasteiger partial charge in [0.1, 0.15) is 18.2 Å². The Hall–Kier alpha value is -2.76. The lowest BCUT2D eigenvalue weighted by Crippen LogP contribution is -2.40. The highest BCUT2D eigenvalue weighted by Crippen LogP contribution is 2.25. The number of hydrogen-bond acceptors (Lipinski definition) is 5. The van der Waals surface area contributed by atoms with Gasteiger partial charge >= 0.3 is 6.09 Å². The van der Waals surface area contributed by atoms with E-state index in [0.29, 0.717) is 21.0 Å². The number of rotatable bonds is 9. The molecule has 1 heterocycles. The van der Waals surface area contributed by atoms with Crippen LogP contribution in [0.1, 0.15) is 0 Å². The van der Waals surface area contributed by atoms with Gasteiger partial charge in [0.05, 0.1) is 15.9 Å². The first kappa shape index (κ1) is 22.9. The molecule has 0 radical (unpaired) electrons. The van der Waals surface area contributed by atoms with Crippen LogP contribution in [-0.2, 0) is 10.0 Å². The van der Waals surface area contributed by atoms with E-state index in [1.54, 1.807) is 24.4 Å². The summed E-state index contributed by atoms with van der Waals surface area (Å²) in [6.07, 6.45) is 1.87. The number of nitrogens with one attached hydrogen (secondary N) is 1. The lowest BCUT2D eigenvalue weighted by Gasteiger charge is -2.20. The minimum atomic E-state index is -3.85. The van der Waals surface area contributed by atoms with Crippen molar-refractivity contribution in [3.8, 4) is 5.75 Å². The van der Waals surface area contributed by atoms with Crippen LogP contribution in [0, 0.1) is 5.82 Å². The van der Waals surface area contributed by atoms with E-state index in [2.05, 4.69) is 25.6 Å². The third-order valence-corrected chi connectivity index (χ3v) is 6.53. The Morgan fingerprint density at radius 3 is 2.77 bits per heavy atom. The first-order chi connectivity index (χ1) is 14.8. The third kappa shape index (κ3) is 5.90. The second-order valence-corrected chi connectivity index (χ2v) is 9.03. The van der Waals surface area contributed by atoms with Crippen LogP contribution in [0.2, 0.25) is 0 Å². The summed E-state index contributed by atoms with van der Waals surface area (Å²) in [5, 5.41) is 10.6. The highest BCUT2D eigenvalue weighted by molar-refractivity contribution is 9.10. The number of hydrogen-bond donors (Lipinski definition) is 2. The summed E-state index contributed by atoms with van der Waals surface area (Å²) in [4.78, 5) is 16.6. The Morgan fingerprint density at radius 2 is 2.03 bits per heavy atom. The molecule has 2 aromatic carbocycles. The smallest absolute Gasteiger partial charge is 0.407 e. The summed E-state index contributed by atoms with van der Waals surface area (Å²) >= 11 is 3.17. The minimum Gasteiger partial charge on any atom is -0.491 e. The normalized spacial score (nSPS) is 11.4. The Kier molecular flexibility index (Phi) is 7.42. The molecule has 8 nitrogen and oxygen atoms in total. The molecule has 0 aliphatic carbocycles. The van der Waals surface area contributed by atoms with Crippen molar-refractivity contribution in [1.29, 1.82) is 0 Å². The van der Waals surface area contributed by atoms with Crippen LogP contribution in [0.4, 0.5) is 9.18 Å². The molecule has 1 amide bonds. The summed E-state index contributed by atoms with van der Waals surface area (Å²) in [5.41, 5.74) is 0. The second kappa shape index (κ2) is 10.0. The molecule has 0 unspecified atom stereocenters. The summed E-state index contributed by atoms with van der Waals surface area (Å²) < 4.78 is 46.8. The summed E-state index contributed by atoms with van der Waals surface area (Å²) in [7, 11) is -3.85. The number of halogens is 2. The van der Waals surface area contributed by atoms with E-state index < -0.39 is 21.9 Å². The molecule has 164 valence electrons. The predicted molar refractivity (Wildman–Crippen MR) is 116 cm³/mol. The Balaban J connectivity index is 1.58. The van der Waals surface area contributed by atoms with E-state index in [1.165, 1.54) is 30.5 Å². The molecule has 1 aromatic heterocycles. The van der Waals surface area contributed by atoms with Gasteiger partial charge in [0.15, 0.2) is 0 Å². The molecule has 0 saturated heterocycles. The number of ether oxygens (including phenoxy) is 1. The molecule has 0 saturated carbocycles. The van der Waals surface area contributed by atoms with E-state index in [-0.39, 0.29) is 31.1 Å². The average molecular weight is 512 g/mol. The van der Waals surface area contributed by atoms with Crippen molar-refractivity contribution in [3.63, 3.8) is 0 Å². The molecule has 11 heteroatoms. The maximum atomic E-state index is 13.1. The van der Waals surface area contributed by atoms with Crippen LogP contribution < -0.4 is 9.46 Å². The zero-order chi connectivity index (χ0) is 22.4. The lowest BCUT2D eigenvalue weighted by atomic mass is 10.2. The number of aromatic nitrogens is 1. The average Bonchev–Trinajstić information content (AvgIpc) is 2.73. The van der Waals surface area contributed by atoms with Crippen LogP contribution in [-0.4, -0.2) is 55.7 Å². The Morgan fingerprint density at radius 1 is 1.23 bits per heavy atom. The van der Waals surface area contributed by atoms with E-state index in [1.807, 2.05) is 0 Å². The fourth-order valence-corrected chi connectivity index (χ4v) is 4.59. The molecule has 0 bridgehead atoms. The van der Waals surface area contributed by atoms with E-state index >= 15 is 0 Å². The highest BCUT2D eigenvalue weighted by Gasteiger charge is 2.18. The molecule has 2 N–H and O–H groups in total. The lowest BCUT2D eigenvalue weighted by molar-refractivity contribution is 0.136. The molecule has 3 rings (SSSR count). The predicted octanol–water partition coefficient (Wildman–Crippen LogP) is 3.47. The first-order valence-corrected chi connectivity index (χ1v) is 11.4. The molecule has 0 fully saturated rings. The Labute approximate surface area is 186 Å². The van der Waals surface area contributed by atoms with Crippen molar-refractivity contribution < 1.29 is 27.4 Å². The van der Waals surface area contributed by atoms with E-state index in [4.69, 9.17) is 4.74 Å². The summed E-state index contributed by atoms with van der Waals surface area (Å²) in [6, 6.07) is 10.4. The third-order valence-electron chi connectivity index (χ3n) is 4.39. The van der Waals surface area contributed by atoms with Crippen molar-refractivity contribution in [1.82, 2.24) is 14.6 Å². The standard InChI is InChI=1S/C20H19BrFN3O5S/c21-17-12-15(22)4-5-18(17)30-11-10-25(20(26)27)9-8-24-31(28,29)19-3-1-2-14-13-23-7-6-16(14)19/h1-7,12-13,24H,8-11H2,(H,26,27). The molecule has 0 atom stereocenters. The van der Waals surface area contributed by atoms with Gasteiger partial charge in [0.2, 0.25) is 10.0 Å². The van der Waals surface area contributed by atoms with Gasteiger partial charge in [-0.3, -0.25) is 4.98 Å². The molecule has 3 aromatic rings. The van der Waals surface area contributed by atoms with Gasteiger partial charge in [0, 0.05) is 36.3 Å². The number of amides is 1. The van der Waals surface area contributed by atoms with Gasteiger partial charge in [-0.2, -0.15) is 0 Å². The largest absolute Gasteiger partial charge is 0.491 e. The van der Waals surface area contributed by atoms with Gasteiger partial charge in [-0.05, 0) is 46.3 Å². The van der Waals surface area contributed by atoms with Crippen LogP contribution >= 0.6 is 15.9 Å². The molecular formula is C20H19BrFN3O5S. The maximum absolute atomic E-state index is 13.1. The Bertz CT molecular complexity index is 1190. The first-order valence-electron chi connectivity index (χ1n) is 9.16. The molecule has 31 heavy (non-hydrogen) atoms. The summed E-state index contributed by atoms with van der Waals surface area (Å²) in [6.45, 7) is -0.175. The number of carboxylic acid groups (broad SMARTS) is 1.